The summed E-state index contributed by atoms with van der Waals surface area (Å²) >= 11 is 0. The van der Waals surface area contributed by atoms with Gasteiger partial charge < -0.3 is 20.0 Å². The van der Waals surface area contributed by atoms with Crippen LogP contribution in [0, 0.1) is 0 Å². The average Bonchev–Trinajstić information content (AvgIpc) is 3.55. The first-order valence-electron chi connectivity index (χ1n) is 10.8. The predicted octanol–water partition coefficient (Wildman–Crippen LogP) is 4.99. The molecule has 0 radical (unpaired) electrons. The van der Waals surface area contributed by atoms with Gasteiger partial charge in [-0.25, -0.2) is 0 Å². The Morgan fingerprint density at radius 2 is 1.53 bits per heavy atom. The Balaban J connectivity index is 1.24. The molecule has 0 bridgehead atoms. The molecule has 7 nitrogen and oxygen atoms in total. The topological polar surface area (TPSA) is 91.7 Å². The van der Waals surface area contributed by atoms with Gasteiger partial charge in [0.05, 0.1) is 6.26 Å². The van der Waals surface area contributed by atoms with Gasteiger partial charge in [0, 0.05) is 34.7 Å². The summed E-state index contributed by atoms with van der Waals surface area (Å²) < 4.78 is 5.08. The van der Waals surface area contributed by atoms with Crippen LogP contribution in [0.15, 0.2) is 95.6 Å². The van der Waals surface area contributed by atoms with Crippen LogP contribution in [0.3, 0.4) is 0 Å². The molecule has 4 aromatic rings. The molecule has 0 saturated carbocycles. The van der Waals surface area contributed by atoms with Gasteiger partial charge in [-0.1, -0.05) is 24.3 Å². The summed E-state index contributed by atoms with van der Waals surface area (Å²) in [5.41, 5.74) is 4.09. The van der Waals surface area contributed by atoms with Crippen LogP contribution in [0.5, 0.6) is 0 Å². The second-order valence-electron chi connectivity index (χ2n) is 7.88. The number of fused-ring (bicyclic) bond motifs is 1. The largest absolute Gasteiger partial charge is 0.459 e. The lowest BCUT2D eigenvalue weighted by atomic mass is 10.1. The molecule has 0 spiro atoms. The molecule has 168 valence electrons. The number of carbonyl (C=O) groups excluding carboxylic acids is 3. The van der Waals surface area contributed by atoms with E-state index in [9.17, 15) is 14.4 Å². The van der Waals surface area contributed by atoms with Crippen LogP contribution in [0.1, 0.15) is 36.8 Å². The van der Waals surface area contributed by atoms with E-state index in [1.807, 2.05) is 24.3 Å². The van der Waals surface area contributed by atoms with Gasteiger partial charge in [-0.15, -0.1) is 0 Å². The van der Waals surface area contributed by atoms with Gasteiger partial charge in [-0.2, -0.15) is 0 Å². The molecular weight excluding hydrogens is 430 g/mol. The first-order chi connectivity index (χ1) is 16.6. The van der Waals surface area contributed by atoms with Gasteiger partial charge in [-0.05, 0) is 72.6 Å². The van der Waals surface area contributed by atoms with Gasteiger partial charge in [0.25, 0.3) is 17.7 Å². The Morgan fingerprint density at radius 1 is 0.735 bits per heavy atom. The maximum absolute atomic E-state index is 13.0. The number of nitrogens with one attached hydrogen (secondary N) is 2. The van der Waals surface area contributed by atoms with Crippen LogP contribution in [0.2, 0.25) is 0 Å². The van der Waals surface area contributed by atoms with Crippen molar-refractivity contribution in [3.63, 3.8) is 0 Å². The Labute approximate surface area is 196 Å². The zero-order valence-corrected chi connectivity index (χ0v) is 18.2. The van der Waals surface area contributed by atoms with E-state index >= 15 is 0 Å². The Kier molecular flexibility index (Phi) is 5.66. The molecule has 0 aliphatic carbocycles. The number of anilines is 3. The minimum atomic E-state index is -0.400. The Hall–Kier alpha value is -4.65. The lowest BCUT2D eigenvalue weighted by molar-refractivity contribution is 0.0984. The highest BCUT2D eigenvalue weighted by Gasteiger charge is 2.25. The van der Waals surface area contributed by atoms with Crippen molar-refractivity contribution in [1.82, 2.24) is 0 Å². The number of hydrogen-bond acceptors (Lipinski definition) is 4. The fourth-order valence-electron chi connectivity index (χ4n) is 3.94. The van der Waals surface area contributed by atoms with Crippen molar-refractivity contribution in [2.45, 2.75) is 6.42 Å². The van der Waals surface area contributed by atoms with Crippen molar-refractivity contribution in [3.8, 4) is 0 Å². The lowest BCUT2D eigenvalue weighted by Crippen LogP contribution is -2.28. The van der Waals surface area contributed by atoms with E-state index in [0.717, 1.165) is 12.1 Å². The lowest BCUT2D eigenvalue weighted by Gasteiger charge is -2.17. The molecule has 1 aliphatic heterocycles. The number of para-hydroxylation sites is 1. The van der Waals surface area contributed by atoms with Crippen LogP contribution in [0.4, 0.5) is 17.1 Å². The van der Waals surface area contributed by atoms with Gasteiger partial charge in [-0.3, -0.25) is 14.4 Å². The average molecular weight is 451 g/mol. The highest BCUT2D eigenvalue weighted by molar-refractivity contribution is 6.09. The summed E-state index contributed by atoms with van der Waals surface area (Å²) in [7, 11) is 0. The van der Waals surface area contributed by atoms with E-state index < -0.39 is 5.91 Å². The summed E-state index contributed by atoms with van der Waals surface area (Å²) in [5, 5.41) is 5.52. The van der Waals surface area contributed by atoms with Gasteiger partial charge in [0.2, 0.25) is 0 Å². The molecule has 3 amide bonds. The number of hydrogen-bond donors (Lipinski definition) is 2. The number of amides is 3. The third-order valence-corrected chi connectivity index (χ3v) is 5.65. The molecule has 2 heterocycles. The van der Waals surface area contributed by atoms with E-state index in [1.54, 1.807) is 65.6 Å². The van der Waals surface area contributed by atoms with Crippen molar-refractivity contribution >= 4 is 34.8 Å². The molecular formula is C27H21N3O4. The van der Waals surface area contributed by atoms with E-state index in [-0.39, 0.29) is 17.6 Å². The van der Waals surface area contributed by atoms with E-state index in [0.29, 0.717) is 29.0 Å². The molecule has 7 heteroatoms. The number of nitrogens with zero attached hydrogens (tertiary/aromatic N) is 1. The normalized spacial score (nSPS) is 12.2. The second-order valence-corrected chi connectivity index (χ2v) is 7.88. The third-order valence-electron chi connectivity index (χ3n) is 5.65. The maximum atomic E-state index is 13.0. The minimum Gasteiger partial charge on any atom is -0.459 e. The van der Waals surface area contributed by atoms with Crippen molar-refractivity contribution in [2.75, 3.05) is 22.1 Å². The molecule has 2 N–H and O–H groups in total. The molecule has 5 rings (SSSR count). The molecule has 34 heavy (non-hydrogen) atoms. The molecule has 0 unspecified atom stereocenters. The number of rotatable bonds is 5. The second kappa shape index (κ2) is 9.07. The quantitative estimate of drug-likeness (QED) is 0.447. The molecule has 0 saturated heterocycles. The maximum Gasteiger partial charge on any atom is 0.291 e. The zero-order valence-electron chi connectivity index (χ0n) is 18.2. The van der Waals surface area contributed by atoms with Crippen LogP contribution >= 0.6 is 0 Å². The first kappa shape index (κ1) is 21.2. The van der Waals surface area contributed by atoms with Crippen molar-refractivity contribution < 1.29 is 18.8 Å². The summed E-state index contributed by atoms with van der Waals surface area (Å²) in [4.78, 5) is 39.6. The van der Waals surface area contributed by atoms with Gasteiger partial charge in [0.15, 0.2) is 5.76 Å². The van der Waals surface area contributed by atoms with Crippen LogP contribution in [0.25, 0.3) is 0 Å². The summed E-state index contributed by atoms with van der Waals surface area (Å²) in [5.74, 6) is -0.616. The monoisotopic (exact) mass is 451 g/mol. The van der Waals surface area contributed by atoms with Crippen molar-refractivity contribution in [2.24, 2.45) is 0 Å². The van der Waals surface area contributed by atoms with Crippen molar-refractivity contribution in [3.05, 3.63) is 114 Å². The number of benzene rings is 3. The predicted molar refractivity (Wildman–Crippen MR) is 129 cm³/mol. The summed E-state index contributed by atoms with van der Waals surface area (Å²) in [6.07, 6.45) is 2.26. The Morgan fingerprint density at radius 3 is 2.32 bits per heavy atom. The molecule has 3 aromatic carbocycles. The van der Waals surface area contributed by atoms with Gasteiger partial charge >= 0.3 is 0 Å². The van der Waals surface area contributed by atoms with Gasteiger partial charge in [0.1, 0.15) is 0 Å². The smallest absolute Gasteiger partial charge is 0.291 e. The number of carbonyl (C=O) groups is 3. The number of furan rings is 1. The Bertz CT molecular complexity index is 1360. The van der Waals surface area contributed by atoms with E-state index in [4.69, 9.17) is 4.42 Å². The SMILES string of the molecule is O=C(Nc1ccc(C(=O)N2CCc3ccccc32)cc1)c1cccc(NC(=O)c2ccco2)c1. The third kappa shape index (κ3) is 4.31. The highest BCUT2D eigenvalue weighted by Crippen LogP contribution is 2.29. The molecule has 1 aromatic heterocycles. The molecule has 0 fully saturated rings. The van der Waals surface area contributed by atoms with Crippen molar-refractivity contribution in [1.29, 1.82) is 0 Å². The van der Waals surface area contributed by atoms with E-state index in [2.05, 4.69) is 10.6 Å². The van der Waals surface area contributed by atoms with E-state index in [1.165, 1.54) is 11.8 Å². The molecule has 0 atom stereocenters. The minimum absolute atomic E-state index is 0.0668. The zero-order chi connectivity index (χ0) is 23.5. The van der Waals surface area contributed by atoms with Crippen LogP contribution < -0.4 is 15.5 Å². The highest BCUT2D eigenvalue weighted by atomic mass is 16.3. The fourth-order valence-corrected chi connectivity index (χ4v) is 3.94. The molecule has 1 aliphatic rings. The first-order valence-corrected chi connectivity index (χ1v) is 10.8. The van der Waals surface area contributed by atoms with Crippen LogP contribution in [-0.2, 0) is 6.42 Å². The standard InChI is InChI=1S/C27H21N3O4/c31-25(20-6-3-7-22(17-20)29-26(32)24-9-4-16-34-24)28-21-12-10-19(11-13-21)27(33)30-15-14-18-5-1-2-8-23(18)30/h1-13,16-17H,14-15H2,(H,28,31)(H,29,32). The summed E-state index contributed by atoms with van der Waals surface area (Å²) in [6.45, 7) is 0.656. The summed E-state index contributed by atoms with van der Waals surface area (Å²) in [6, 6.07) is 24.5. The van der Waals surface area contributed by atoms with Crippen LogP contribution in [-0.4, -0.2) is 24.3 Å². The fraction of sp³-hybridized carbons (Fsp3) is 0.0741.